The van der Waals surface area contributed by atoms with E-state index in [1.54, 1.807) is 22.1 Å². The van der Waals surface area contributed by atoms with E-state index in [9.17, 15) is 14.4 Å². The van der Waals surface area contributed by atoms with Crippen LogP contribution in [0.15, 0.2) is 22.8 Å². The highest BCUT2D eigenvalue weighted by Crippen LogP contribution is 2.20. The molecule has 0 spiro atoms. The fourth-order valence-corrected chi connectivity index (χ4v) is 4.37. The van der Waals surface area contributed by atoms with E-state index in [0.717, 1.165) is 17.3 Å². The van der Waals surface area contributed by atoms with Gasteiger partial charge in [0, 0.05) is 36.8 Å². The highest BCUT2D eigenvalue weighted by molar-refractivity contribution is 9.10. The quantitative estimate of drug-likeness (QED) is 0.659. The van der Waals surface area contributed by atoms with Gasteiger partial charge in [0.15, 0.2) is 0 Å². The van der Waals surface area contributed by atoms with Gasteiger partial charge in [-0.15, -0.1) is 11.8 Å². The number of halogens is 1. The molecule has 8 nitrogen and oxygen atoms in total. The van der Waals surface area contributed by atoms with E-state index in [1.165, 1.54) is 11.8 Å². The number of piperidine rings is 1. The summed E-state index contributed by atoms with van der Waals surface area (Å²) in [6, 6.07) is 3.55. The Kier molecular flexibility index (Phi) is 8.31. The molecular formula is C19H25BrN4O4S. The largest absolute Gasteiger partial charge is 0.378 e. The maximum Gasteiger partial charge on any atom is 0.232 e. The first-order valence-corrected chi connectivity index (χ1v) is 11.6. The summed E-state index contributed by atoms with van der Waals surface area (Å²) in [7, 11) is 0. The van der Waals surface area contributed by atoms with Crippen LogP contribution in [0.5, 0.6) is 0 Å². The number of likely N-dealkylation sites (tertiary alicyclic amines) is 1. The molecule has 2 aliphatic heterocycles. The maximum atomic E-state index is 12.5. The second-order valence-corrected chi connectivity index (χ2v) is 8.92. The number of pyridine rings is 1. The average Bonchev–Trinajstić information content (AvgIpc) is 2.76. The van der Waals surface area contributed by atoms with Crippen LogP contribution in [-0.2, 0) is 19.1 Å². The number of aromatic nitrogens is 1. The number of carbonyl (C=O) groups excluding carboxylic acids is 3. The summed E-state index contributed by atoms with van der Waals surface area (Å²) in [5.74, 6) is 0.690. The van der Waals surface area contributed by atoms with Crippen LogP contribution < -0.4 is 5.32 Å². The number of nitrogens with one attached hydrogen (secondary N) is 1. The first kappa shape index (κ1) is 22.0. The van der Waals surface area contributed by atoms with Gasteiger partial charge in [0.25, 0.3) is 0 Å². The van der Waals surface area contributed by atoms with E-state index in [2.05, 4.69) is 26.2 Å². The molecule has 3 heterocycles. The third-order valence-corrected chi connectivity index (χ3v) is 6.31. The van der Waals surface area contributed by atoms with Crippen LogP contribution in [0.2, 0.25) is 0 Å². The Morgan fingerprint density at radius 3 is 2.55 bits per heavy atom. The molecule has 0 aromatic carbocycles. The number of nitrogens with zero attached hydrogens (tertiary/aromatic N) is 3. The zero-order valence-corrected chi connectivity index (χ0v) is 18.5. The third-order valence-electron chi connectivity index (χ3n) is 4.94. The predicted molar refractivity (Wildman–Crippen MR) is 115 cm³/mol. The number of hydrogen-bond donors (Lipinski definition) is 1. The number of thioether (sulfide) groups is 1. The molecule has 0 radical (unpaired) electrons. The molecule has 0 bridgehead atoms. The van der Waals surface area contributed by atoms with Crippen LogP contribution in [0, 0.1) is 5.92 Å². The van der Waals surface area contributed by atoms with Crippen molar-refractivity contribution in [2.45, 2.75) is 12.8 Å². The third kappa shape index (κ3) is 6.68. The SMILES string of the molecule is O=C(Nc1ccc(Br)cn1)C1CCCN(C(=O)CSCC(=O)N2CCOCC2)C1. The summed E-state index contributed by atoms with van der Waals surface area (Å²) in [4.78, 5) is 44.9. The summed E-state index contributed by atoms with van der Waals surface area (Å²) in [6.07, 6.45) is 3.16. The van der Waals surface area contributed by atoms with Gasteiger partial charge in [-0.2, -0.15) is 0 Å². The number of hydrogen-bond acceptors (Lipinski definition) is 6. The Hall–Kier alpha value is -1.65. The number of rotatable bonds is 6. The van der Waals surface area contributed by atoms with Crippen LogP contribution in [0.25, 0.3) is 0 Å². The molecule has 1 N–H and O–H groups in total. The molecule has 10 heteroatoms. The summed E-state index contributed by atoms with van der Waals surface area (Å²) >= 11 is 4.65. The standard InChI is InChI=1S/C19H25BrN4O4S/c20-15-3-4-16(21-10-15)22-19(27)14-2-1-5-24(11-14)18(26)13-29-12-17(25)23-6-8-28-9-7-23/h3-4,10,14H,1-2,5-9,11-13H2,(H,21,22,27). The zero-order chi connectivity index (χ0) is 20.6. The molecule has 0 aliphatic carbocycles. The number of ether oxygens (including phenoxy) is 1. The average molecular weight is 485 g/mol. The van der Waals surface area contributed by atoms with E-state index in [4.69, 9.17) is 4.74 Å². The summed E-state index contributed by atoms with van der Waals surface area (Å²) in [6.45, 7) is 3.42. The van der Waals surface area contributed by atoms with Crippen molar-refractivity contribution >= 4 is 51.2 Å². The Labute approximate surface area is 182 Å². The second kappa shape index (κ2) is 10.9. The Morgan fingerprint density at radius 2 is 1.86 bits per heavy atom. The van der Waals surface area contributed by atoms with Crippen molar-refractivity contribution in [1.29, 1.82) is 0 Å². The van der Waals surface area contributed by atoms with Gasteiger partial charge >= 0.3 is 0 Å². The maximum absolute atomic E-state index is 12.5. The molecule has 158 valence electrons. The van der Waals surface area contributed by atoms with Gasteiger partial charge in [-0.05, 0) is 40.9 Å². The van der Waals surface area contributed by atoms with Crippen molar-refractivity contribution in [3.63, 3.8) is 0 Å². The normalized spacial score (nSPS) is 19.7. The Morgan fingerprint density at radius 1 is 1.14 bits per heavy atom. The van der Waals surface area contributed by atoms with Crippen LogP contribution in [0.1, 0.15) is 12.8 Å². The lowest BCUT2D eigenvalue weighted by atomic mass is 9.97. The zero-order valence-electron chi connectivity index (χ0n) is 16.1. The molecule has 2 saturated heterocycles. The van der Waals surface area contributed by atoms with E-state index >= 15 is 0 Å². The van der Waals surface area contributed by atoms with Crippen molar-refractivity contribution in [1.82, 2.24) is 14.8 Å². The Bertz CT molecular complexity index is 727. The minimum absolute atomic E-state index is 0.0240. The molecule has 1 aromatic rings. The topological polar surface area (TPSA) is 91.8 Å². The number of amides is 3. The van der Waals surface area contributed by atoms with Crippen LogP contribution in [0.4, 0.5) is 5.82 Å². The first-order chi connectivity index (χ1) is 14.0. The van der Waals surface area contributed by atoms with Gasteiger partial charge in [0.2, 0.25) is 17.7 Å². The number of carbonyl (C=O) groups is 3. The Balaban J connectivity index is 1.41. The summed E-state index contributed by atoms with van der Waals surface area (Å²) in [5.41, 5.74) is 0. The molecule has 1 atom stereocenters. The lowest BCUT2D eigenvalue weighted by molar-refractivity contribution is -0.132. The van der Waals surface area contributed by atoms with Crippen molar-refractivity contribution in [3.8, 4) is 0 Å². The first-order valence-electron chi connectivity index (χ1n) is 9.66. The highest BCUT2D eigenvalue weighted by atomic mass is 79.9. The predicted octanol–water partition coefficient (Wildman–Crippen LogP) is 1.61. The molecule has 3 amide bonds. The smallest absolute Gasteiger partial charge is 0.232 e. The van der Waals surface area contributed by atoms with Crippen LogP contribution >= 0.6 is 27.7 Å². The molecule has 1 aromatic heterocycles. The molecule has 2 fully saturated rings. The van der Waals surface area contributed by atoms with Crippen molar-refractivity contribution < 1.29 is 19.1 Å². The van der Waals surface area contributed by atoms with Gasteiger partial charge in [-0.25, -0.2) is 4.98 Å². The van der Waals surface area contributed by atoms with Crippen molar-refractivity contribution in [3.05, 3.63) is 22.8 Å². The lowest BCUT2D eigenvalue weighted by Gasteiger charge is -2.32. The fourth-order valence-electron chi connectivity index (χ4n) is 3.32. The van der Waals surface area contributed by atoms with Gasteiger partial charge in [-0.1, -0.05) is 0 Å². The van der Waals surface area contributed by atoms with Crippen LogP contribution in [-0.4, -0.2) is 83.4 Å². The van der Waals surface area contributed by atoms with E-state index in [-0.39, 0.29) is 29.4 Å². The fraction of sp³-hybridized carbons (Fsp3) is 0.579. The summed E-state index contributed by atoms with van der Waals surface area (Å²) < 4.78 is 6.09. The van der Waals surface area contributed by atoms with Gasteiger partial charge in [0.05, 0.1) is 30.6 Å². The van der Waals surface area contributed by atoms with E-state index in [1.807, 2.05) is 6.07 Å². The van der Waals surface area contributed by atoms with Crippen molar-refractivity contribution in [2.75, 3.05) is 56.2 Å². The molecule has 29 heavy (non-hydrogen) atoms. The van der Waals surface area contributed by atoms with Gasteiger partial charge in [-0.3, -0.25) is 14.4 Å². The lowest BCUT2D eigenvalue weighted by Crippen LogP contribution is -2.45. The van der Waals surface area contributed by atoms with E-state index < -0.39 is 0 Å². The van der Waals surface area contributed by atoms with Gasteiger partial charge in [0.1, 0.15) is 5.82 Å². The minimum Gasteiger partial charge on any atom is -0.378 e. The summed E-state index contributed by atoms with van der Waals surface area (Å²) in [5, 5.41) is 2.82. The van der Waals surface area contributed by atoms with Crippen molar-refractivity contribution in [2.24, 2.45) is 5.92 Å². The molecule has 3 rings (SSSR count). The minimum atomic E-state index is -0.252. The molecule has 2 aliphatic rings. The molecular weight excluding hydrogens is 460 g/mol. The van der Waals surface area contributed by atoms with Crippen LogP contribution in [0.3, 0.4) is 0 Å². The monoisotopic (exact) mass is 484 g/mol. The molecule has 0 saturated carbocycles. The second-order valence-electron chi connectivity index (χ2n) is 7.02. The number of morpholine rings is 1. The highest BCUT2D eigenvalue weighted by Gasteiger charge is 2.28. The molecule has 1 unspecified atom stereocenters. The number of anilines is 1. The van der Waals surface area contributed by atoms with E-state index in [0.29, 0.717) is 51.0 Å². The van der Waals surface area contributed by atoms with Gasteiger partial charge < -0.3 is 19.9 Å².